The maximum absolute atomic E-state index is 13.5. The van der Waals surface area contributed by atoms with Crippen molar-refractivity contribution < 1.29 is 9.13 Å². The van der Waals surface area contributed by atoms with Crippen molar-refractivity contribution in [2.45, 2.75) is 6.61 Å². The van der Waals surface area contributed by atoms with Gasteiger partial charge in [0.25, 0.3) is 0 Å². The number of hydrogen-bond donors (Lipinski definition) is 2. The number of imidazole rings is 1. The Bertz CT molecular complexity index is 1930. The van der Waals surface area contributed by atoms with Crippen LogP contribution in [0.25, 0.3) is 56.0 Å². The Kier molecular flexibility index (Phi) is 5.51. The molecule has 0 radical (unpaired) electrons. The van der Waals surface area contributed by atoms with E-state index in [1.165, 1.54) is 12.1 Å². The van der Waals surface area contributed by atoms with Gasteiger partial charge in [-0.05, 0) is 48.0 Å². The summed E-state index contributed by atoms with van der Waals surface area (Å²) in [5.74, 6) is 0.940. The molecule has 5 aromatic heterocycles. The highest BCUT2D eigenvalue weighted by Crippen LogP contribution is 2.32. The van der Waals surface area contributed by atoms with E-state index >= 15 is 0 Å². The van der Waals surface area contributed by atoms with Crippen LogP contribution in [0.4, 0.5) is 4.39 Å². The summed E-state index contributed by atoms with van der Waals surface area (Å²) < 4.78 is 19.4. The van der Waals surface area contributed by atoms with Gasteiger partial charge in [-0.15, -0.1) is 0 Å². The number of nitrogens with one attached hydrogen (secondary N) is 2. The molecule has 5 heterocycles. The number of rotatable bonds is 6. The molecule has 0 unspecified atom stereocenters. The molecule has 188 valence electrons. The second-order valence-corrected chi connectivity index (χ2v) is 9.02. The van der Waals surface area contributed by atoms with Gasteiger partial charge in [0.05, 0.1) is 22.8 Å². The summed E-state index contributed by atoms with van der Waals surface area (Å²) >= 11 is 0. The van der Waals surface area contributed by atoms with Crippen LogP contribution in [0.5, 0.6) is 5.75 Å². The smallest absolute Gasteiger partial charge is 0.159 e. The summed E-state index contributed by atoms with van der Waals surface area (Å²) in [5.41, 5.74) is 6.99. The van der Waals surface area contributed by atoms with Gasteiger partial charge in [-0.2, -0.15) is 5.10 Å². The highest BCUT2D eigenvalue weighted by Gasteiger charge is 2.17. The highest BCUT2D eigenvalue weighted by atomic mass is 19.1. The highest BCUT2D eigenvalue weighted by molar-refractivity contribution is 5.96. The zero-order valence-corrected chi connectivity index (χ0v) is 20.5. The summed E-state index contributed by atoms with van der Waals surface area (Å²) in [4.78, 5) is 21.6. The van der Waals surface area contributed by atoms with Crippen molar-refractivity contribution in [2.75, 3.05) is 0 Å². The molecule has 0 saturated carbocycles. The summed E-state index contributed by atoms with van der Waals surface area (Å²) in [6.45, 7) is 0.454. The monoisotopic (exact) mass is 513 g/mol. The Morgan fingerprint density at radius 3 is 2.51 bits per heavy atom. The third kappa shape index (κ3) is 4.36. The zero-order chi connectivity index (χ0) is 26.2. The largest absolute Gasteiger partial charge is 0.487 e. The van der Waals surface area contributed by atoms with E-state index in [1.807, 2.05) is 48.5 Å². The Hall–Kier alpha value is -5.44. The van der Waals surface area contributed by atoms with E-state index in [0.29, 0.717) is 40.7 Å². The zero-order valence-electron chi connectivity index (χ0n) is 20.5. The number of fused-ring (bicyclic) bond motifs is 2. The number of H-pyrrole nitrogens is 2. The molecule has 0 aliphatic rings. The molecular formula is C30H20FN7O. The molecule has 0 aliphatic carbocycles. The van der Waals surface area contributed by atoms with Crippen LogP contribution in [-0.4, -0.2) is 35.1 Å². The lowest BCUT2D eigenvalue weighted by Crippen LogP contribution is -1.96. The number of aromatic amines is 2. The summed E-state index contributed by atoms with van der Waals surface area (Å²) in [7, 11) is 0. The summed E-state index contributed by atoms with van der Waals surface area (Å²) in [6.07, 6.45) is 6.95. The Morgan fingerprint density at radius 1 is 0.795 bits per heavy atom. The lowest BCUT2D eigenvalue weighted by atomic mass is 10.1. The van der Waals surface area contributed by atoms with Crippen LogP contribution >= 0.6 is 0 Å². The van der Waals surface area contributed by atoms with Crippen molar-refractivity contribution in [1.29, 1.82) is 0 Å². The maximum atomic E-state index is 13.5. The lowest BCUT2D eigenvalue weighted by Gasteiger charge is -2.08. The molecule has 0 fully saturated rings. The van der Waals surface area contributed by atoms with Gasteiger partial charge in [0.2, 0.25) is 0 Å². The molecule has 0 bridgehead atoms. The normalized spacial score (nSPS) is 11.3. The van der Waals surface area contributed by atoms with Crippen LogP contribution in [-0.2, 0) is 6.61 Å². The minimum atomic E-state index is -0.302. The molecule has 9 heteroatoms. The first-order valence-electron chi connectivity index (χ1n) is 12.3. The number of aromatic nitrogens is 7. The fraction of sp³-hybridized carbons (Fsp3) is 0.0333. The van der Waals surface area contributed by atoms with Crippen molar-refractivity contribution in [3.63, 3.8) is 0 Å². The molecule has 0 amide bonds. The predicted molar refractivity (Wildman–Crippen MR) is 146 cm³/mol. The number of nitrogens with zero attached hydrogens (tertiary/aromatic N) is 5. The van der Waals surface area contributed by atoms with E-state index in [9.17, 15) is 4.39 Å². The molecule has 0 atom stereocenters. The minimum Gasteiger partial charge on any atom is -0.487 e. The van der Waals surface area contributed by atoms with Crippen LogP contribution in [0, 0.1) is 5.82 Å². The molecule has 7 aromatic rings. The number of benzene rings is 2. The van der Waals surface area contributed by atoms with Gasteiger partial charge in [-0.3, -0.25) is 15.1 Å². The van der Waals surface area contributed by atoms with E-state index in [0.717, 1.165) is 33.2 Å². The van der Waals surface area contributed by atoms with Crippen molar-refractivity contribution >= 4 is 22.1 Å². The van der Waals surface area contributed by atoms with E-state index in [4.69, 9.17) is 9.72 Å². The number of pyridine rings is 3. The molecule has 8 nitrogen and oxygen atoms in total. The summed E-state index contributed by atoms with van der Waals surface area (Å²) in [5, 5.41) is 8.30. The van der Waals surface area contributed by atoms with Crippen molar-refractivity contribution in [1.82, 2.24) is 35.1 Å². The molecular weight excluding hydrogens is 493 g/mol. The van der Waals surface area contributed by atoms with E-state index in [1.54, 1.807) is 36.9 Å². The van der Waals surface area contributed by atoms with E-state index < -0.39 is 0 Å². The summed E-state index contributed by atoms with van der Waals surface area (Å²) in [6, 6.07) is 22.0. The third-order valence-electron chi connectivity index (χ3n) is 6.45. The average Bonchev–Trinajstić information content (AvgIpc) is 3.61. The first-order valence-corrected chi connectivity index (χ1v) is 12.3. The first kappa shape index (κ1) is 22.7. The van der Waals surface area contributed by atoms with Crippen LogP contribution < -0.4 is 4.74 Å². The number of halogens is 1. The van der Waals surface area contributed by atoms with Crippen molar-refractivity contribution in [2.24, 2.45) is 0 Å². The van der Waals surface area contributed by atoms with Crippen LogP contribution in [0.15, 0.2) is 97.6 Å². The van der Waals surface area contributed by atoms with Crippen LogP contribution in [0.2, 0.25) is 0 Å². The van der Waals surface area contributed by atoms with Gasteiger partial charge in [-0.25, -0.2) is 14.4 Å². The Morgan fingerprint density at radius 2 is 1.64 bits per heavy atom. The fourth-order valence-electron chi connectivity index (χ4n) is 4.50. The van der Waals surface area contributed by atoms with Gasteiger partial charge < -0.3 is 9.72 Å². The Balaban J connectivity index is 1.24. The minimum absolute atomic E-state index is 0.302. The molecule has 0 saturated heterocycles. The van der Waals surface area contributed by atoms with Crippen molar-refractivity contribution in [3.05, 3.63) is 109 Å². The number of ether oxygens (including phenoxy) is 1. The maximum Gasteiger partial charge on any atom is 0.159 e. The SMILES string of the molecule is Fc1ccc(-c2nccc3[nH]c(-c4n[nH]c5ncc(-c6cncc(OCc7ccccc7)c6)cc45)nc23)cc1. The molecule has 0 aliphatic heterocycles. The van der Waals surface area contributed by atoms with Gasteiger partial charge in [0.15, 0.2) is 11.5 Å². The van der Waals surface area contributed by atoms with Crippen molar-refractivity contribution in [3.8, 4) is 39.7 Å². The topological polar surface area (TPSA) is 105 Å². The third-order valence-corrected chi connectivity index (χ3v) is 6.45. The fourth-order valence-corrected chi connectivity index (χ4v) is 4.50. The Labute approximate surface area is 221 Å². The lowest BCUT2D eigenvalue weighted by molar-refractivity contribution is 0.305. The second kappa shape index (κ2) is 9.46. The van der Waals surface area contributed by atoms with Crippen LogP contribution in [0.3, 0.4) is 0 Å². The standard InChI is InChI=1S/C30H20FN7O/c31-22-8-6-19(7-9-22)26-28-25(10-11-33-26)35-30(36-28)27-24-13-21(15-34-29(24)38-37-27)20-12-23(16-32-14-20)39-17-18-4-2-1-3-5-18/h1-16H,17H2,(H,35,36)(H,34,37,38). The molecule has 2 N–H and O–H groups in total. The first-order chi connectivity index (χ1) is 19.2. The predicted octanol–water partition coefficient (Wildman–Crippen LogP) is 6.34. The molecule has 2 aromatic carbocycles. The van der Waals surface area contributed by atoms with Gasteiger partial charge in [-0.1, -0.05) is 30.3 Å². The van der Waals surface area contributed by atoms with E-state index in [-0.39, 0.29) is 5.82 Å². The number of hydrogen-bond acceptors (Lipinski definition) is 6. The quantitative estimate of drug-likeness (QED) is 0.269. The average molecular weight is 514 g/mol. The molecule has 0 spiro atoms. The van der Waals surface area contributed by atoms with Crippen LogP contribution in [0.1, 0.15) is 5.56 Å². The molecule has 39 heavy (non-hydrogen) atoms. The second-order valence-electron chi connectivity index (χ2n) is 9.02. The molecule has 7 rings (SSSR count). The van der Waals surface area contributed by atoms with E-state index in [2.05, 4.69) is 30.1 Å². The van der Waals surface area contributed by atoms with Gasteiger partial charge in [0, 0.05) is 35.3 Å². The van der Waals surface area contributed by atoms with Gasteiger partial charge in [0.1, 0.15) is 29.4 Å². The van der Waals surface area contributed by atoms with Gasteiger partial charge >= 0.3 is 0 Å².